The number of hydrogen-bond donors (Lipinski definition) is 0. The fourth-order valence-corrected chi connectivity index (χ4v) is 3.54. The number of benzene rings is 1. The van der Waals surface area contributed by atoms with Crippen LogP contribution >= 0.6 is 0 Å². The Kier molecular flexibility index (Phi) is 4.82. The van der Waals surface area contributed by atoms with Crippen LogP contribution in [0.3, 0.4) is 0 Å². The summed E-state index contributed by atoms with van der Waals surface area (Å²) in [6, 6.07) is 8.80. The summed E-state index contributed by atoms with van der Waals surface area (Å²) < 4.78 is 50.4. The van der Waals surface area contributed by atoms with Gasteiger partial charge in [0.05, 0.1) is 11.2 Å². The van der Waals surface area contributed by atoms with E-state index in [0.29, 0.717) is 16.7 Å². The SMILES string of the molecule is FC(F)(F)Cn1ccc2c(OC3CCN(Cc4ccon4)CC3)cccc21. The first-order chi connectivity index (χ1) is 13.0. The van der Waals surface area contributed by atoms with E-state index in [0.717, 1.165) is 38.2 Å². The van der Waals surface area contributed by atoms with Crippen LogP contribution in [0.25, 0.3) is 10.9 Å². The first-order valence-corrected chi connectivity index (χ1v) is 8.91. The fourth-order valence-electron chi connectivity index (χ4n) is 3.54. The molecule has 3 aromatic rings. The Morgan fingerprint density at radius 3 is 2.67 bits per heavy atom. The lowest BCUT2D eigenvalue weighted by atomic mass is 10.1. The lowest BCUT2D eigenvalue weighted by Gasteiger charge is -2.31. The molecule has 1 aromatic carbocycles. The Balaban J connectivity index is 1.41. The van der Waals surface area contributed by atoms with Gasteiger partial charge in [0.25, 0.3) is 0 Å². The van der Waals surface area contributed by atoms with Gasteiger partial charge < -0.3 is 13.8 Å². The van der Waals surface area contributed by atoms with Gasteiger partial charge in [-0.05, 0) is 31.0 Å². The highest BCUT2D eigenvalue weighted by Crippen LogP contribution is 2.31. The summed E-state index contributed by atoms with van der Waals surface area (Å²) in [5, 5.41) is 4.64. The van der Waals surface area contributed by atoms with Gasteiger partial charge in [0, 0.05) is 37.3 Å². The van der Waals surface area contributed by atoms with Crippen LogP contribution in [-0.2, 0) is 13.1 Å². The van der Waals surface area contributed by atoms with Crippen LogP contribution in [0.1, 0.15) is 18.5 Å². The Morgan fingerprint density at radius 2 is 1.96 bits per heavy atom. The summed E-state index contributed by atoms with van der Waals surface area (Å²) >= 11 is 0. The molecule has 0 bridgehead atoms. The lowest BCUT2D eigenvalue weighted by Crippen LogP contribution is -2.37. The van der Waals surface area contributed by atoms with E-state index in [4.69, 9.17) is 9.26 Å². The van der Waals surface area contributed by atoms with Crippen molar-refractivity contribution >= 4 is 10.9 Å². The molecule has 0 radical (unpaired) electrons. The maximum absolute atomic E-state index is 12.7. The third kappa shape index (κ3) is 4.27. The predicted molar refractivity (Wildman–Crippen MR) is 93.4 cm³/mol. The van der Waals surface area contributed by atoms with Crippen LogP contribution in [0.5, 0.6) is 5.75 Å². The molecule has 8 heteroatoms. The maximum atomic E-state index is 12.7. The Hall–Kier alpha value is -2.48. The molecule has 27 heavy (non-hydrogen) atoms. The largest absolute Gasteiger partial charge is 0.490 e. The van der Waals surface area contributed by atoms with Crippen molar-refractivity contribution in [3.8, 4) is 5.75 Å². The van der Waals surface area contributed by atoms with E-state index in [1.54, 1.807) is 24.5 Å². The second-order valence-electron chi connectivity index (χ2n) is 6.83. The van der Waals surface area contributed by atoms with Gasteiger partial charge in [-0.3, -0.25) is 4.90 Å². The zero-order valence-electron chi connectivity index (χ0n) is 14.7. The first kappa shape index (κ1) is 17.9. The van der Waals surface area contributed by atoms with Crippen LogP contribution in [0.15, 0.2) is 47.3 Å². The number of ether oxygens (including phenoxy) is 1. The molecule has 0 atom stereocenters. The zero-order chi connectivity index (χ0) is 18.9. The van der Waals surface area contributed by atoms with Gasteiger partial charge in [-0.2, -0.15) is 13.2 Å². The highest BCUT2D eigenvalue weighted by atomic mass is 19.4. The number of fused-ring (bicyclic) bond motifs is 1. The molecule has 0 saturated carbocycles. The van der Waals surface area contributed by atoms with Crippen molar-refractivity contribution in [2.75, 3.05) is 13.1 Å². The Labute approximate surface area is 154 Å². The van der Waals surface area contributed by atoms with Gasteiger partial charge in [0.15, 0.2) is 0 Å². The van der Waals surface area contributed by atoms with Crippen LogP contribution in [0, 0.1) is 0 Å². The third-order valence-electron chi connectivity index (χ3n) is 4.83. The standard InChI is InChI=1S/C19H20F3N3O2/c20-19(21,22)13-25-10-6-16-17(25)2-1-3-18(16)27-15-4-8-24(9-5-15)12-14-7-11-26-23-14/h1-3,6-7,10-11,15H,4-5,8-9,12-13H2. The molecule has 3 heterocycles. The van der Waals surface area contributed by atoms with Gasteiger partial charge in [-0.1, -0.05) is 11.2 Å². The molecule has 5 nitrogen and oxygen atoms in total. The minimum atomic E-state index is -4.25. The number of likely N-dealkylation sites (tertiary alicyclic amines) is 1. The second kappa shape index (κ2) is 7.26. The van der Waals surface area contributed by atoms with Gasteiger partial charge in [-0.15, -0.1) is 0 Å². The number of piperidine rings is 1. The van der Waals surface area contributed by atoms with E-state index in [1.165, 1.54) is 10.8 Å². The predicted octanol–water partition coefficient (Wildman–Crippen LogP) is 4.24. The summed E-state index contributed by atoms with van der Waals surface area (Å²) in [6.07, 6.45) is 0.548. The van der Waals surface area contributed by atoms with Crippen molar-refractivity contribution in [3.05, 3.63) is 48.5 Å². The van der Waals surface area contributed by atoms with Crippen molar-refractivity contribution in [3.63, 3.8) is 0 Å². The molecule has 1 saturated heterocycles. The van der Waals surface area contributed by atoms with Gasteiger partial charge >= 0.3 is 6.18 Å². The molecule has 0 N–H and O–H groups in total. The number of alkyl halides is 3. The molecule has 1 aliphatic heterocycles. The van der Waals surface area contributed by atoms with E-state index < -0.39 is 12.7 Å². The van der Waals surface area contributed by atoms with Crippen LogP contribution < -0.4 is 4.74 Å². The molecule has 2 aromatic heterocycles. The molecule has 1 fully saturated rings. The summed E-state index contributed by atoms with van der Waals surface area (Å²) in [4.78, 5) is 2.29. The molecule has 144 valence electrons. The van der Waals surface area contributed by atoms with Crippen LogP contribution in [0.4, 0.5) is 13.2 Å². The summed E-state index contributed by atoms with van der Waals surface area (Å²) in [7, 11) is 0. The monoisotopic (exact) mass is 379 g/mol. The van der Waals surface area contributed by atoms with Gasteiger partial charge in [0.2, 0.25) is 0 Å². The normalized spacial score (nSPS) is 16.9. The lowest BCUT2D eigenvalue weighted by molar-refractivity contribution is -0.139. The average Bonchev–Trinajstić information content (AvgIpc) is 3.26. The van der Waals surface area contributed by atoms with E-state index in [1.807, 2.05) is 12.1 Å². The summed E-state index contributed by atoms with van der Waals surface area (Å²) in [6.45, 7) is 1.50. The molecule has 0 unspecified atom stereocenters. The quantitative estimate of drug-likeness (QED) is 0.665. The van der Waals surface area contributed by atoms with E-state index in [9.17, 15) is 13.2 Å². The molecular weight excluding hydrogens is 359 g/mol. The number of rotatable bonds is 5. The first-order valence-electron chi connectivity index (χ1n) is 8.91. The van der Waals surface area contributed by atoms with E-state index in [-0.39, 0.29) is 6.10 Å². The maximum Gasteiger partial charge on any atom is 0.406 e. The number of nitrogens with zero attached hydrogens (tertiary/aromatic N) is 3. The van der Waals surface area contributed by atoms with Crippen LogP contribution in [0.2, 0.25) is 0 Å². The average molecular weight is 379 g/mol. The summed E-state index contributed by atoms with van der Waals surface area (Å²) in [5.41, 5.74) is 1.44. The molecular formula is C19H20F3N3O2. The van der Waals surface area contributed by atoms with Crippen molar-refractivity contribution in [1.82, 2.24) is 14.6 Å². The fraction of sp³-hybridized carbons (Fsp3) is 0.421. The molecule has 4 rings (SSSR count). The number of hydrogen-bond acceptors (Lipinski definition) is 4. The van der Waals surface area contributed by atoms with Crippen molar-refractivity contribution in [1.29, 1.82) is 0 Å². The highest BCUT2D eigenvalue weighted by molar-refractivity contribution is 5.86. The topological polar surface area (TPSA) is 43.4 Å². The van der Waals surface area contributed by atoms with E-state index >= 15 is 0 Å². The van der Waals surface area contributed by atoms with Crippen molar-refractivity contribution in [2.24, 2.45) is 0 Å². The van der Waals surface area contributed by atoms with Crippen molar-refractivity contribution in [2.45, 2.75) is 38.2 Å². The Morgan fingerprint density at radius 1 is 1.15 bits per heavy atom. The molecule has 0 amide bonds. The Bertz CT molecular complexity index is 881. The van der Waals surface area contributed by atoms with Gasteiger partial charge in [-0.25, -0.2) is 0 Å². The smallest absolute Gasteiger partial charge is 0.406 e. The number of halogens is 3. The third-order valence-corrected chi connectivity index (χ3v) is 4.83. The van der Waals surface area contributed by atoms with E-state index in [2.05, 4.69) is 10.1 Å². The number of aromatic nitrogens is 2. The second-order valence-corrected chi connectivity index (χ2v) is 6.83. The molecule has 0 spiro atoms. The minimum absolute atomic E-state index is 0.0510. The van der Waals surface area contributed by atoms with Gasteiger partial charge in [0.1, 0.15) is 24.7 Å². The summed E-state index contributed by atoms with van der Waals surface area (Å²) in [5.74, 6) is 0.642. The van der Waals surface area contributed by atoms with Crippen molar-refractivity contribution < 1.29 is 22.4 Å². The molecule has 0 aliphatic carbocycles. The zero-order valence-corrected chi connectivity index (χ0v) is 14.7. The van der Waals surface area contributed by atoms with Crippen LogP contribution in [-0.4, -0.2) is 40.0 Å². The molecule has 1 aliphatic rings. The highest BCUT2D eigenvalue weighted by Gasteiger charge is 2.28. The minimum Gasteiger partial charge on any atom is -0.490 e.